The van der Waals surface area contributed by atoms with E-state index in [1.165, 1.54) is 7.11 Å². The Kier molecular flexibility index (Phi) is 3.46. The van der Waals surface area contributed by atoms with Crippen molar-refractivity contribution in [2.24, 2.45) is 0 Å². The number of carbonyl (C=O) groups excluding carboxylic acids is 2. The topological polar surface area (TPSA) is 55.4 Å². The number of methoxy groups -OCH3 is 1. The molecule has 1 aromatic rings. The molecule has 1 heterocycles. The molecule has 0 saturated carbocycles. The molecule has 1 amide bonds. The molecule has 1 aromatic carbocycles. The van der Waals surface area contributed by atoms with Crippen molar-refractivity contribution in [1.82, 2.24) is 5.32 Å². The number of hydrogen-bond acceptors (Lipinski definition) is 3. The Balaban J connectivity index is 2.46. The van der Waals surface area contributed by atoms with Gasteiger partial charge in [0.05, 0.1) is 12.7 Å². The number of hydrogen-bond donors (Lipinski definition) is 1. The molecular formula is C14H15NO3. The van der Waals surface area contributed by atoms with Gasteiger partial charge in [0.2, 0.25) is 5.91 Å². The monoisotopic (exact) mass is 245 g/mol. The van der Waals surface area contributed by atoms with Gasteiger partial charge in [0.1, 0.15) is 0 Å². The van der Waals surface area contributed by atoms with Gasteiger partial charge in [-0.3, -0.25) is 4.79 Å². The molecule has 0 fully saturated rings. The molecule has 0 aromatic heterocycles. The van der Waals surface area contributed by atoms with Crippen LogP contribution < -0.4 is 5.32 Å². The summed E-state index contributed by atoms with van der Waals surface area (Å²) in [5.74, 6) is -0.692. The largest absolute Gasteiger partial charge is 0.466 e. The molecule has 2 rings (SSSR count). The van der Waals surface area contributed by atoms with Crippen molar-refractivity contribution in [2.45, 2.75) is 19.3 Å². The predicted octanol–water partition coefficient (Wildman–Crippen LogP) is 1.74. The van der Waals surface area contributed by atoms with Crippen LogP contribution in [0.1, 0.15) is 24.8 Å². The summed E-state index contributed by atoms with van der Waals surface area (Å²) in [6.45, 7) is 1.72. The Morgan fingerprint density at radius 2 is 2.00 bits per heavy atom. The van der Waals surface area contributed by atoms with E-state index >= 15 is 0 Å². The summed E-state index contributed by atoms with van der Waals surface area (Å²) < 4.78 is 4.80. The van der Waals surface area contributed by atoms with Crippen LogP contribution >= 0.6 is 0 Å². The standard InChI is InChI=1S/C14H15NO3/c1-9-13(14(17)18-2)11(8-12(16)15-9)10-6-4-3-5-7-10/h3-7,11H,8H2,1-2H3,(H,15,16)/t11-/m1/s1. The lowest BCUT2D eigenvalue weighted by Crippen LogP contribution is -2.33. The lowest BCUT2D eigenvalue weighted by atomic mass is 9.84. The average molecular weight is 245 g/mol. The highest BCUT2D eigenvalue weighted by molar-refractivity contribution is 5.95. The van der Waals surface area contributed by atoms with Crippen LogP contribution in [-0.4, -0.2) is 19.0 Å². The smallest absolute Gasteiger partial charge is 0.336 e. The average Bonchev–Trinajstić information content (AvgIpc) is 2.38. The third-order valence-corrected chi connectivity index (χ3v) is 3.08. The van der Waals surface area contributed by atoms with Crippen LogP contribution in [0.2, 0.25) is 0 Å². The van der Waals surface area contributed by atoms with Crippen molar-refractivity contribution in [2.75, 3.05) is 7.11 Å². The van der Waals surface area contributed by atoms with Gasteiger partial charge in [0.15, 0.2) is 0 Å². The molecule has 0 aliphatic carbocycles. The van der Waals surface area contributed by atoms with E-state index in [0.717, 1.165) is 5.56 Å². The van der Waals surface area contributed by atoms with Crippen molar-refractivity contribution in [3.8, 4) is 0 Å². The molecule has 1 N–H and O–H groups in total. The van der Waals surface area contributed by atoms with Gasteiger partial charge in [-0.05, 0) is 12.5 Å². The molecule has 0 radical (unpaired) electrons. The van der Waals surface area contributed by atoms with Crippen LogP contribution in [0.5, 0.6) is 0 Å². The molecule has 0 spiro atoms. The van der Waals surface area contributed by atoms with Crippen LogP contribution in [0, 0.1) is 0 Å². The first-order chi connectivity index (χ1) is 8.63. The SMILES string of the molecule is COC(=O)C1=C(C)NC(=O)C[C@@H]1c1ccccc1. The zero-order valence-corrected chi connectivity index (χ0v) is 10.4. The fraction of sp³-hybridized carbons (Fsp3) is 0.286. The summed E-state index contributed by atoms with van der Waals surface area (Å²) in [5.41, 5.74) is 2.06. The van der Waals surface area contributed by atoms with E-state index in [1.54, 1.807) is 6.92 Å². The molecule has 1 aliphatic rings. The van der Waals surface area contributed by atoms with Gasteiger partial charge in [-0.15, -0.1) is 0 Å². The van der Waals surface area contributed by atoms with E-state index < -0.39 is 0 Å². The summed E-state index contributed by atoms with van der Waals surface area (Å²) in [6, 6.07) is 9.53. The molecule has 1 aliphatic heterocycles. The minimum Gasteiger partial charge on any atom is -0.466 e. The van der Waals surface area contributed by atoms with E-state index in [0.29, 0.717) is 11.3 Å². The highest BCUT2D eigenvalue weighted by atomic mass is 16.5. The number of amides is 1. The van der Waals surface area contributed by atoms with Crippen LogP contribution in [0.4, 0.5) is 0 Å². The van der Waals surface area contributed by atoms with Crippen LogP contribution in [0.25, 0.3) is 0 Å². The third-order valence-electron chi connectivity index (χ3n) is 3.08. The lowest BCUT2D eigenvalue weighted by Gasteiger charge is -2.26. The molecular weight excluding hydrogens is 230 g/mol. The fourth-order valence-corrected chi connectivity index (χ4v) is 2.25. The lowest BCUT2D eigenvalue weighted by molar-refractivity contribution is -0.136. The molecule has 0 saturated heterocycles. The predicted molar refractivity (Wildman–Crippen MR) is 66.7 cm³/mol. The minimum absolute atomic E-state index is 0.0750. The Labute approximate surface area is 106 Å². The Bertz CT molecular complexity index is 505. The number of ether oxygens (including phenoxy) is 1. The maximum Gasteiger partial charge on any atom is 0.336 e. The maximum atomic E-state index is 11.8. The number of carbonyl (C=O) groups is 2. The Morgan fingerprint density at radius 3 is 2.61 bits per heavy atom. The van der Waals surface area contributed by atoms with Crippen LogP contribution in [0.3, 0.4) is 0 Å². The third kappa shape index (κ3) is 2.27. The van der Waals surface area contributed by atoms with Crippen molar-refractivity contribution in [3.63, 3.8) is 0 Å². The van der Waals surface area contributed by atoms with Gasteiger partial charge in [-0.25, -0.2) is 4.79 Å². The zero-order valence-electron chi connectivity index (χ0n) is 10.4. The van der Waals surface area contributed by atoms with Crippen LogP contribution in [0.15, 0.2) is 41.6 Å². The van der Waals surface area contributed by atoms with Crippen molar-refractivity contribution in [3.05, 3.63) is 47.2 Å². The maximum absolute atomic E-state index is 11.8. The summed E-state index contributed by atoms with van der Waals surface area (Å²) in [4.78, 5) is 23.5. The van der Waals surface area contributed by atoms with Gasteiger partial charge in [0.25, 0.3) is 0 Å². The molecule has 0 unspecified atom stereocenters. The van der Waals surface area contributed by atoms with Crippen molar-refractivity contribution in [1.29, 1.82) is 0 Å². The Hall–Kier alpha value is -2.10. The number of nitrogens with one attached hydrogen (secondary N) is 1. The van der Waals surface area contributed by atoms with Gasteiger partial charge in [-0.1, -0.05) is 30.3 Å². The van der Waals surface area contributed by atoms with Gasteiger partial charge in [0, 0.05) is 18.0 Å². The second kappa shape index (κ2) is 5.04. The van der Waals surface area contributed by atoms with Gasteiger partial charge >= 0.3 is 5.97 Å². The van der Waals surface area contributed by atoms with E-state index in [4.69, 9.17) is 4.74 Å². The second-order valence-corrected chi connectivity index (χ2v) is 4.25. The summed E-state index contributed by atoms with van der Waals surface area (Å²) in [6.07, 6.45) is 0.270. The molecule has 4 heteroatoms. The molecule has 4 nitrogen and oxygen atoms in total. The molecule has 1 atom stereocenters. The quantitative estimate of drug-likeness (QED) is 0.807. The number of allylic oxidation sites excluding steroid dienone is 1. The van der Waals surface area contributed by atoms with Crippen LogP contribution in [-0.2, 0) is 14.3 Å². The summed E-state index contributed by atoms with van der Waals surface area (Å²) in [7, 11) is 1.35. The first-order valence-electron chi connectivity index (χ1n) is 5.77. The summed E-state index contributed by atoms with van der Waals surface area (Å²) >= 11 is 0. The van der Waals surface area contributed by atoms with E-state index in [-0.39, 0.29) is 24.2 Å². The molecule has 18 heavy (non-hydrogen) atoms. The fourth-order valence-electron chi connectivity index (χ4n) is 2.25. The number of rotatable bonds is 2. The first kappa shape index (κ1) is 12.4. The molecule has 94 valence electrons. The van der Waals surface area contributed by atoms with E-state index in [2.05, 4.69) is 5.32 Å². The highest BCUT2D eigenvalue weighted by Gasteiger charge is 2.32. The second-order valence-electron chi connectivity index (χ2n) is 4.25. The first-order valence-corrected chi connectivity index (χ1v) is 5.77. The molecule has 0 bridgehead atoms. The van der Waals surface area contributed by atoms with Crippen molar-refractivity contribution >= 4 is 11.9 Å². The van der Waals surface area contributed by atoms with Gasteiger partial charge in [-0.2, -0.15) is 0 Å². The number of esters is 1. The summed E-state index contributed by atoms with van der Waals surface area (Å²) in [5, 5.41) is 2.68. The van der Waals surface area contributed by atoms with E-state index in [1.807, 2.05) is 30.3 Å². The number of benzene rings is 1. The normalized spacial score (nSPS) is 19.4. The minimum atomic E-state index is -0.388. The van der Waals surface area contributed by atoms with Crippen molar-refractivity contribution < 1.29 is 14.3 Å². The zero-order chi connectivity index (χ0) is 13.1. The Morgan fingerprint density at radius 1 is 1.33 bits per heavy atom. The van der Waals surface area contributed by atoms with Gasteiger partial charge < -0.3 is 10.1 Å². The van der Waals surface area contributed by atoms with E-state index in [9.17, 15) is 9.59 Å². The highest BCUT2D eigenvalue weighted by Crippen LogP contribution is 2.33.